The quantitative estimate of drug-likeness (QED) is 0.339. The van der Waals surface area contributed by atoms with Gasteiger partial charge in [0.05, 0.1) is 6.61 Å². The summed E-state index contributed by atoms with van der Waals surface area (Å²) in [6.07, 6.45) is 1.30. The van der Waals surface area contributed by atoms with Gasteiger partial charge in [0, 0.05) is 22.6 Å². The average Bonchev–Trinajstić information content (AvgIpc) is 2.13. The monoisotopic (exact) mass is 310 g/mol. The lowest BCUT2D eigenvalue weighted by molar-refractivity contribution is 0.0627. The molecule has 0 radical (unpaired) electrons. The summed E-state index contributed by atoms with van der Waals surface area (Å²) in [5.41, 5.74) is 0. The number of halogens is 1. The molecule has 0 amide bonds. The van der Waals surface area contributed by atoms with Gasteiger partial charge < -0.3 is 9.47 Å². The molecule has 0 aliphatic rings. The van der Waals surface area contributed by atoms with Crippen LogP contribution in [0.1, 0.15) is 26.7 Å². The molecule has 0 aliphatic carbocycles. The maximum atomic E-state index is 10.8. The number of hydrogen-bond donors (Lipinski definition) is 0. The normalized spacial score (nSPS) is 9.14. The Balaban J connectivity index is 3.30. The first kappa shape index (κ1) is 13.6. The van der Waals surface area contributed by atoms with Crippen molar-refractivity contribution < 1.29 is 14.3 Å². The van der Waals surface area contributed by atoms with Gasteiger partial charge in [-0.05, 0) is 22.7 Å². The molecule has 3 nitrogen and oxygen atoms in total. The second-order valence-corrected chi connectivity index (χ2v) is 3.73. The summed E-state index contributed by atoms with van der Waals surface area (Å²) in [4.78, 5) is 10.8. The Kier molecular flexibility index (Phi) is 8.84. The minimum atomic E-state index is -0.632. The second kappa shape index (κ2) is 9.13. The van der Waals surface area contributed by atoms with Crippen molar-refractivity contribution in [2.24, 2.45) is 5.92 Å². The molecular weight excluding hydrogens is 295 g/mol. The third-order valence-corrected chi connectivity index (χ3v) is 1.86. The van der Waals surface area contributed by atoms with Crippen molar-refractivity contribution in [3.05, 3.63) is 0 Å². The van der Waals surface area contributed by atoms with E-state index in [0.717, 1.165) is 12.8 Å². The van der Waals surface area contributed by atoms with Crippen LogP contribution in [-0.2, 0) is 9.47 Å². The van der Waals surface area contributed by atoms with E-state index in [1.807, 2.05) is 22.6 Å². The third kappa shape index (κ3) is 9.65. The number of rotatable bonds is 5. The predicted octanol–water partition coefficient (Wildman–Crippen LogP) is 2.97. The summed E-state index contributed by atoms with van der Waals surface area (Å²) in [5.74, 6) is 3.24. The Bertz CT molecular complexity index is 215. The fourth-order valence-corrected chi connectivity index (χ4v) is 0.967. The number of carbonyl (C=O) groups is 1. The van der Waals surface area contributed by atoms with Crippen molar-refractivity contribution in [3.63, 3.8) is 0 Å². The highest BCUT2D eigenvalue weighted by Crippen LogP contribution is 2.03. The highest BCUT2D eigenvalue weighted by Gasteiger charge is 2.02. The van der Waals surface area contributed by atoms with Crippen LogP contribution in [0, 0.1) is 15.8 Å². The third-order valence-electron chi connectivity index (χ3n) is 1.47. The van der Waals surface area contributed by atoms with Gasteiger partial charge in [-0.25, -0.2) is 4.79 Å². The van der Waals surface area contributed by atoms with Crippen LogP contribution in [0.15, 0.2) is 0 Å². The van der Waals surface area contributed by atoms with Crippen molar-refractivity contribution in [2.45, 2.75) is 26.7 Å². The molecule has 0 aromatic rings. The first-order chi connectivity index (χ1) is 6.66. The Morgan fingerprint density at radius 3 is 2.71 bits per heavy atom. The van der Waals surface area contributed by atoms with Gasteiger partial charge in [-0.15, -0.1) is 0 Å². The van der Waals surface area contributed by atoms with E-state index < -0.39 is 6.16 Å². The molecule has 14 heavy (non-hydrogen) atoms. The highest BCUT2D eigenvalue weighted by molar-refractivity contribution is 14.1. The molecule has 0 rings (SSSR count). The van der Waals surface area contributed by atoms with E-state index in [1.54, 1.807) is 0 Å². The molecule has 0 bridgehead atoms. The maximum Gasteiger partial charge on any atom is 0.509 e. The zero-order chi connectivity index (χ0) is 10.8. The molecule has 0 heterocycles. The minimum absolute atomic E-state index is 0.103. The van der Waals surface area contributed by atoms with E-state index >= 15 is 0 Å². The largest absolute Gasteiger partial charge is 0.509 e. The van der Waals surface area contributed by atoms with Gasteiger partial charge in [0.2, 0.25) is 0 Å². The zero-order valence-electron chi connectivity index (χ0n) is 8.51. The van der Waals surface area contributed by atoms with Crippen molar-refractivity contribution in [3.8, 4) is 9.85 Å². The van der Waals surface area contributed by atoms with Gasteiger partial charge in [-0.2, -0.15) is 0 Å². The predicted molar refractivity (Wildman–Crippen MR) is 63.2 cm³/mol. The van der Waals surface area contributed by atoms with Gasteiger partial charge in [0.1, 0.15) is 0 Å². The van der Waals surface area contributed by atoms with Crippen molar-refractivity contribution >= 4 is 28.7 Å². The molecule has 4 heteroatoms. The molecular formula is C10H15IO3. The SMILES string of the molecule is CC(C)CCCOC(=O)OCC#CI. The summed E-state index contributed by atoms with van der Waals surface area (Å²) in [6.45, 7) is 4.79. The molecule has 0 spiro atoms. The first-order valence-corrected chi connectivity index (χ1v) is 5.62. The Morgan fingerprint density at radius 2 is 2.14 bits per heavy atom. The number of carbonyl (C=O) groups excluding carboxylic acids is 1. The van der Waals surface area contributed by atoms with Crippen LogP contribution in [0.5, 0.6) is 0 Å². The summed E-state index contributed by atoms with van der Waals surface area (Å²) >= 11 is 1.88. The summed E-state index contributed by atoms with van der Waals surface area (Å²) in [6, 6.07) is 0. The van der Waals surface area contributed by atoms with Gasteiger partial charge in [-0.3, -0.25) is 0 Å². The highest BCUT2D eigenvalue weighted by atomic mass is 127. The van der Waals surface area contributed by atoms with Gasteiger partial charge in [0.15, 0.2) is 6.61 Å². The Labute approximate surface area is 98.7 Å². The Morgan fingerprint density at radius 1 is 1.43 bits per heavy atom. The summed E-state index contributed by atoms with van der Waals surface area (Å²) in [7, 11) is 0. The lowest BCUT2D eigenvalue weighted by Gasteiger charge is -2.05. The van der Waals surface area contributed by atoms with Crippen LogP contribution >= 0.6 is 22.6 Å². The van der Waals surface area contributed by atoms with E-state index in [-0.39, 0.29) is 6.61 Å². The maximum absolute atomic E-state index is 10.8. The fourth-order valence-electron chi connectivity index (χ4n) is 0.811. The van der Waals surface area contributed by atoms with Gasteiger partial charge in [0.25, 0.3) is 0 Å². The topological polar surface area (TPSA) is 35.5 Å². The van der Waals surface area contributed by atoms with E-state index in [0.29, 0.717) is 12.5 Å². The summed E-state index contributed by atoms with van der Waals surface area (Å²) < 4.78 is 12.0. The van der Waals surface area contributed by atoms with Crippen LogP contribution in [0.25, 0.3) is 0 Å². The van der Waals surface area contributed by atoms with E-state index in [1.165, 1.54) is 0 Å². The molecule has 0 aromatic heterocycles. The molecule has 0 atom stereocenters. The van der Waals surface area contributed by atoms with Gasteiger partial charge >= 0.3 is 6.16 Å². The fraction of sp³-hybridized carbons (Fsp3) is 0.700. The van der Waals surface area contributed by atoms with E-state index in [9.17, 15) is 4.79 Å². The van der Waals surface area contributed by atoms with Crippen molar-refractivity contribution in [2.75, 3.05) is 13.2 Å². The Hall–Kier alpha value is -0.440. The lowest BCUT2D eigenvalue weighted by atomic mass is 10.1. The number of ether oxygens (including phenoxy) is 2. The molecule has 0 aromatic carbocycles. The molecule has 0 fully saturated rings. The lowest BCUT2D eigenvalue weighted by Crippen LogP contribution is -2.09. The van der Waals surface area contributed by atoms with Crippen LogP contribution < -0.4 is 0 Å². The van der Waals surface area contributed by atoms with Crippen LogP contribution in [-0.4, -0.2) is 19.4 Å². The minimum Gasteiger partial charge on any atom is -0.434 e. The average molecular weight is 310 g/mol. The van der Waals surface area contributed by atoms with Crippen LogP contribution in [0.3, 0.4) is 0 Å². The van der Waals surface area contributed by atoms with E-state index in [4.69, 9.17) is 4.74 Å². The van der Waals surface area contributed by atoms with Crippen LogP contribution in [0.4, 0.5) is 4.79 Å². The standard InChI is InChI=1S/C10H15IO3/c1-9(2)5-3-7-13-10(12)14-8-4-6-11/h9H,3,5,7-8H2,1-2H3. The molecule has 0 saturated heterocycles. The van der Waals surface area contributed by atoms with Crippen molar-refractivity contribution in [1.29, 1.82) is 0 Å². The van der Waals surface area contributed by atoms with Gasteiger partial charge in [-0.1, -0.05) is 19.8 Å². The van der Waals surface area contributed by atoms with E-state index in [2.05, 4.69) is 28.4 Å². The molecule has 0 N–H and O–H groups in total. The summed E-state index contributed by atoms with van der Waals surface area (Å²) in [5, 5.41) is 0. The zero-order valence-corrected chi connectivity index (χ0v) is 10.7. The smallest absolute Gasteiger partial charge is 0.434 e. The molecule has 80 valence electrons. The van der Waals surface area contributed by atoms with Crippen LogP contribution in [0.2, 0.25) is 0 Å². The number of hydrogen-bond acceptors (Lipinski definition) is 3. The second-order valence-electron chi connectivity index (χ2n) is 3.19. The first-order valence-electron chi connectivity index (χ1n) is 4.55. The molecule has 0 aliphatic heterocycles. The molecule has 0 saturated carbocycles. The van der Waals surface area contributed by atoms with Crippen molar-refractivity contribution in [1.82, 2.24) is 0 Å². The molecule has 0 unspecified atom stereocenters.